The lowest BCUT2D eigenvalue weighted by Crippen LogP contribution is -1.97. The molecular weight excluding hydrogens is 560 g/mol. The number of rotatable bonds is 3. The first-order chi connectivity index (χ1) is 19.9. The van der Waals surface area contributed by atoms with Crippen LogP contribution in [0.25, 0.3) is 33.4 Å². The van der Waals surface area contributed by atoms with E-state index in [4.69, 9.17) is 0 Å². The van der Waals surface area contributed by atoms with Crippen molar-refractivity contribution in [2.75, 3.05) is 0 Å². The molecule has 0 unspecified atom stereocenters. The summed E-state index contributed by atoms with van der Waals surface area (Å²) >= 11 is 0. The van der Waals surface area contributed by atoms with Gasteiger partial charge in [-0.15, -0.1) is 0 Å². The van der Waals surface area contributed by atoms with E-state index in [0.29, 0.717) is 28.8 Å². The van der Waals surface area contributed by atoms with Gasteiger partial charge in [-0.2, -0.15) is 0 Å². The Hall–Kier alpha value is -4.90. The Morgan fingerprint density at radius 2 is 1.00 bits per heavy atom. The van der Waals surface area contributed by atoms with Gasteiger partial charge in [0.05, 0.1) is 11.1 Å². The molecule has 5 aromatic carbocycles. The zero-order chi connectivity index (χ0) is 30.3. The molecule has 0 saturated carbocycles. The topological polar surface area (TPSA) is 0 Å². The van der Waals surface area contributed by atoms with Crippen LogP contribution in [0.1, 0.15) is 22.3 Å². The van der Waals surface area contributed by atoms with Crippen molar-refractivity contribution in [2.24, 2.45) is 0 Å². The SMILES string of the molecule is Cc1ccc(-c2ccc(-c3cc(C)c(C#Cc4cc(F)c(-c5cc(F)c(F)c(F)c5)c(F)c4)c(F)c3)c(F)c2)c(F)c1. The molecule has 42 heavy (non-hydrogen) atoms. The van der Waals surface area contributed by atoms with Gasteiger partial charge in [0.2, 0.25) is 0 Å². The summed E-state index contributed by atoms with van der Waals surface area (Å²) in [5, 5.41) is 0. The van der Waals surface area contributed by atoms with E-state index in [9.17, 15) is 26.3 Å². The molecule has 0 amide bonds. The van der Waals surface area contributed by atoms with Crippen molar-refractivity contribution < 1.29 is 35.1 Å². The summed E-state index contributed by atoms with van der Waals surface area (Å²) in [5.74, 6) is -4.50. The van der Waals surface area contributed by atoms with E-state index in [0.717, 1.165) is 24.3 Å². The predicted octanol–water partition coefficient (Wildman–Crippen LogP) is 9.82. The molecule has 0 aliphatic rings. The Bertz CT molecular complexity index is 1880. The van der Waals surface area contributed by atoms with Crippen LogP contribution >= 0.6 is 0 Å². The molecule has 0 atom stereocenters. The molecule has 0 radical (unpaired) electrons. The second-order valence-corrected chi connectivity index (χ2v) is 9.65. The van der Waals surface area contributed by atoms with Gasteiger partial charge in [0, 0.05) is 16.7 Å². The number of hydrogen-bond acceptors (Lipinski definition) is 0. The third-order valence-electron chi connectivity index (χ3n) is 6.65. The van der Waals surface area contributed by atoms with E-state index in [2.05, 4.69) is 11.8 Å². The maximum Gasteiger partial charge on any atom is 0.194 e. The van der Waals surface area contributed by atoms with Gasteiger partial charge in [0.25, 0.3) is 0 Å². The zero-order valence-electron chi connectivity index (χ0n) is 22.0. The highest BCUT2D eigenvalue weighted by Gasteiger charge is 2.18. The first-order valence-corrected chi connectivity index (χ1v) is 12.5. The normalized spacial score (nSPS) is 10.9. The van der Waals surface area contributed by atoms with Crippen LogP contribution in [0.15, 0.2) is 72.8 Å². The molecule has 0 aliphatic heterocycles. The fraction of sp³-hybridized carbons (Fsp3) is 0.0588. The summed E-state index contributed by atoms with van der Waals surface area (Å²) in [7, 11) is 0. The van der Waals surface area contributed by atoms with E-state index in [-0.39, 0.29) is 27.8 Å². The predicted molar refractivity (Wildman–Crippen MR) is 144 cm³/mol. The first-order valence-electron chi connectivity index (χ1n) is 12.5. The van der Waals surface area contributed by atoms with Gasteiger partial charge in [-0.25, -0.2) is 35.1 Å². The number of benzene rings is 5. The molecule has 210 valence electrons. The van der Waals surface area contributed by atoms with Gasteiger partial charge in [-0.3, -0.25) is 0 Å². The van der Waals surface area contributed by atoms with Crippen LogP contribution in [0.4, 0.5) is 35.1 Å². The summed E-state index contributed by atoms with van der Waals surface area (Å²) in [6.07, 6.45) is 0. The standard InChI is InChI=1S/C34H18F8/c1-17-3-6-24(26(35)9-17)20-5-8-25(28(37)13-20)21-10-18(2)23(27(36)14-21)7-4-19-11-29(38)33(30(39)12-19)22-15-31(40)34(42)32(41)16-22/h3,5-6,8-16H,1-2H3. The number of aryl methyl sites for hydroxylation is 2. The van der Waals surface area contributed by atoms with Gasteiger partial charge < -0.3 is 0 Å². The average molecular weight is 579 g/mol. The molecule has 0 heterocycles. The van der Waals surface area contributed by atoms with Crippen molar-refractivity contribution in [3.63, 3.8) is 0 Å². The molecule has 0 aliphatic carbocycles. The number of hydrogen-bond donors (Lipinski definition) is 0. The molecule has 5 aromatic rings. The molecule has 0 N–H and O–H groups in total. The summed E-state index contributed by atoms with van der Waals surface area (Å²) in [6, 6.07) is 13.7. The van der Waals surface area contributed by atoms with Crippen LogP contribution in [0.2, 0.25) is 0 Å². The summed E-state index contributed by atoms with van der Waals surface area (Å²) in [5.41, 5.74) is 0.171. The third-order valence-corrected chi connectivity index (χ3v) is 6.65. The molecule has 0 nitrogen and oxygen atoms in total. The van der Waals surface area contributed by atoms with Crippen LogP contribution in [-0.4, -0.2) is 0 Å². The van der Waals surface area contributed by atoms with E-state index in [1.807, 2.05) is 0 Å². The Morgan fingerprint density at radius 3 is 1.60 bits per heavy atom. The second-order valence-electron chi connectivity index (χ2n) is 9.65. The minimum Gasteiger partial charge on any atom is -0.206 e. The van der Waals surface area contributed by atoms with Gasteiger partial charge in [-0.1, -0.05) is 36.1 Å². The Morgan fingerprint density at radius 1 is 0.452 bits per heavy atom. The van der Waals surface area contributed by atoms with Crippen molar-refractivity contribution in [1.82, 2.24) is 0 Å². The van der Waals surface area contributed by atoms with Crippen molar-refractivity contribution in [3.8, 4) is 45.2 Å². The Labute approximate surface area is 235 Å². The molecule has 0 spiro atoms. The molecule has 0 bridgehead atoms. The largest absolute Gasteiger partial charge is 0.206 e. The van der Waals surface area contributed by atoms with Crippen molar-refractivity contribution >= 4 is 0 Å². The minimum atomic E-state index is -1.78. The second kappa shape index (κ2) is 11.2. The Balaban J connectivity index is 1.45. The minimum absolute atomic E-state index is 0.0705. The summed E-state index contributed by atoms with van der Waals surface area (Å²) in [4.78, 5) is 0. The van der Waals surface area contributed by atoms with Gasteiger partial charge in [0.15, 0.2) is 17.5 Å². The van der Waals surface area contributed by atoms with Crippen LogP contribution < -0.4 is 0 Å². The van der Waals surface area contributed by atoms with Gasteiger partial charge in [-0.05, 0) is 90.2 Å². The molecule has 0 fully saturated rings. The zero-order valence-corrected chi connectivity index (χ0v) is 22.0. The smallest absolute Gasteiger partial charge is 0.194 e. The van der Waals surface area contributed by atoms with E-state index >= 15 is 8.78 Å². The monoisotopic (exact) mass is 578 g/mol. The highest BCUT2D eigenvalue weighted by molar-refractivity contribution is 5.73. The van der Waals surface area contributed by atoms with Crippen molar-refractivity contribution in [2.45, 2.75) is 13.8 Å². The van der Waals surface area contributed by atoms with Gasteiger partial charge in [0.1, 0.15) is 29.1 Å². The molecular formula is C34H18F8. The van der Waals surface area contributed by atoms with Crippen LogP contribution in [-0.2, 0) is 0 Å². The lowest BCUT2D eigenvalue weighted by Gasteiger charge is -2.10. The molecule has 0 aromatic heterocycles. The quantitative estimate of drug-likeness (QED) is 0.114. The summed E-state index contributed by atoms with van der Waals surface area (Å²) in [6.45, 7) is 3.25. The fourth-order valence-electron chi connectivity index (χ4n) is 4.58. The van der Waals surface area contributed by atoms with Crippen molar-refractivity contribution in [1.29, 1.82) is 0 Å². The van der Waals surface area contributed by atoms with Crippen LogP contribution in [0, 0.1) is 72.2 Å². The number of halogens is 8. The fourth-order valence-corrected chi connectivity index (χ4v) is 4.58. The average Bonchev–Trinajstić information content (AvgIpc) is 2.90. The highest BCUT2D eigenvalue weighted by Crippen LogP contribution is 2.32. The van der Waals surface area contributed by atoms with E-state index < -0.39 is 57.7 Å². The van der Waals surface area contributed by atoms with E-state index in [1.165, 1.54) is 31.2 Å². The van der Waals surface area contributed by atoms with E-state index in [1.54, 1.807) is 19.1 Å². The van der Waals surface area contributed by atoms with Gasteiger partial charge >= 0.3 is 0 Å². The third kappa shape index (κ3) is 5.51. The highest BCUT2D eigenvalue weighted by atomic mass is 19.2. The van der Waals surface area contributed by atoms with Crippen LogP contribution in [0.5, 0.6) is 0 Å². The Kier molecular flexibility index (Phi) is 7.61. The molecule has 0 saturated heterocycles. The van der Waals surface area contributed by atoms with Crippen LogP contribution in [0.3, 0.4) is 0 Å². The lowest BCUT2D eigenvalue weighted by atomic mass is 9.96. The maximum atomic E-state index is 15.1. The molecule has 8 heteroatoms. The summed E-state index contributed by atoms with van der Waals surface area (Å²) < 4.78 is 114. The van der Waals surface area contributed by atoms with Crippen molar-refractivity contribution in [3.05, 3.63) is 142 Å². The molecule has 5 rings (SSSR count). The first kappa shape index (κ1) is 28.6. The maximum absolute atomic E-state index is 15.1. The lowest BCUT2D eigenvalue weighted by molar-refractivity contribution is 0.447.